The summed E-state index contributed by atoms with van der Waals surface area (Å²) in [6, 6.07) is 32.0. The van der Waals surface area contributed by atoms with Gasteiger partial charge in [-0.3, -0.25) is 0 Å². The number of hydrogen-bond donors (Lipinski definition) is 0. The molecule has 0 saturated carbocycles. The van der Waals surface area contributed by atoms with Crippen molar-refractivity contribution in [3.8, 4) is 0 Å². The maximum Gasteiger partial charge on any atom is 0.261 e. The Balaban J connectivity index is 1.35. The summed E-state index contributed by atoms with van der Waals surface area (Å²) in [5, 5.41) is 2.63. The fraction of sp³-hybridized carbons (Fsp3) is 0.444. The molecule has 1 aliphatic rings. The summed E-state index contributed by atoms with van der Waals surface area (Å²) in [7, 11) is -2.53. The first-order valence-electron chi connectivity index (χ1n) is 15.0. The van der Waals surface area contributed by atoms with E-state index in [2.05, 4.69) is 113 Å². The monoisotopic (exact) mass is 572 g/mol. The molecule has 1 saturated heterocycles. The van der Waals surface area contributed by atoms with Crippen LogP contribution in [-0.2, 0) is 25.2 Å². The summed E-state index contributed by atoms with van der Waals surface area (Å²) in [5.74, 6) is -0.617. The van der Waals surface area contributed by atoms with Crippen LogP contribution in [0.1, 0.15) is 66.4 Å². The van der Waals surface area contributed by atoms with E-state index >= 15 is 0 Å². The van der Waals surface area contributed by atoms with Gasteiger partial charge in [0.05, 0.1) is 13.2 Å². The molecule has 3 atom stereocenters. The van der Waals surface area contributed by atoms with Crippen LogP contribution in [0.25, 0.3) is 0 Å². The minimum Gasteiger partial charge on any atom is -0.405 e. The molecular formula is C36H48O4Si. The van der Waals surface area contributed by atoms with Crippen LogP contribution in [0, 0.1) is 0 Å². The zero-order valence-electron chi connectivity index (χ0n) is 25.7. The van der Waals surface area contributed by atoms with Gasteiger partial charge in [0.25, 0.3) is 8.32 Å². The fourth-order valence-electron chi connectivity index (χ4n) is 5.83. The normalized spacial score (nSPS) is 20.0. The number of benzene rings is 3. The fourth-order valence-corrected chi connectivity index (χ4v) is 10.6. The van der Waals surface area contributed by atoms with Gasteiger partial charge < -0.3 is 18.6 Å². The van der Waals surface area contributed by atoms with Crippen LogP contribution in [0.4, 0.5) is 0 Å². The van der Waals surface area contributed by atoms with Crippen LogP contribution in [0.15, 0.2) is 103 Å². The Morgan fingerprint density at radius 1 is 0.854 bits per heavy atom. The molecule has 0 N–H and O–H groups in total. The average molecular weight is 573 g/mol. The van der Waals surface area contributed by atoms with E-state index in [0.29, 0.717) is 13.2 Å². The molecule has 0 spiro atoms. The minimum atomic E-state index is -2.53. The molecule has 1 heterocycles. The third-order valence-electron chi connectivity index (χ3n) is 7.72. The van der Waals surface area contributed by atoms with Gasteiger partial charge in [-0.05, 0) is 61.0 Å². The Bertz CT molecular complexity index is 1170. The molecule has 3 aromatic carbocycles. The zero-order chi connectivity index (χ0) is 29.3. The molecule has 4 rings (SSSR count). The van der Waals surface area contributed by atoms with Gasteiger partial charge in [-0.2, -0.15) is 0 Å². The number of ether oxygens (including phenoxy) is 3. The SMILES string of the molecule is C[C@H](CCC/C=C/[C@@H]1OC(C)(C)O[C@H]1COCc1ccccc1)O[Si](c1ccccc1)(c1ccccc1)C(C)(C)C. The molecule has 0 aliphatic carbocycles. The predicted octanol–water partition coefficient (Wildman–Crippen LogP) is 7.41. The van der Waals surface area contributed by atoms with Crippen LogP contribution in [0.3, 0.4) is 0 Å². The second kappa shape index (κ2) is 14.1. The van der Waals surface area contributed by atoms with Gasteiger partial charge in [0.15, 0.2) is 5.79 Å². The van der Waals surface area contributed by atoms with E-state index in [4.69, 9.17) is 18.6 Å². The zero-order valence-corrected chi connectivity index (χ0v) is 26.7. The van der Waals surface area contributed by atoms with Gasteiger partial charge in [0.1, 0.15) is 12.2 Å². The quantitative estimate of drug-likeness (QED) is 0.121. The van der Waals surface area contributed by atoms with Crippen molar-refractivity contribution in [1.29, 1.82) is 0 Å². The van der Waals surface area contributed by atoms with E-state index in [0.717, 1.165) is 24.8 Å². The lowest BCUT2D eigenvalue weighted by molar-refractivity contribution is -0.148. The maximum absolute atomic E-state index is 7.23. The molecule has 220 valence electrons. The van der Waals surface area contributed by atoms with E-state index in [1.165, 1.54) is 10.4 Å². The Labute approximate surface area is 248 Å². The highest BCUT2D eigenvalue weighted by Crippen LogP contribution is 2.38. The van der Waals surface area contributed by atoms with Crippen molar-refractivity contribution < 1.29 is 18.6 Å². The molecule has 0 bridgehead atoms. The molecule has 5 heteroatoms. The minimum absolute atomic E-state index is 0.0198. The number of allylic oxidation sites excluding steroid dienone is 1. The maximum atomic E-state index is 7.23. The summed E-state index contributed by atoms with van der Waals surface area (Å²) >= 11 is 0. The second-order valence-corrected chi connectivity index (χ2v) is 16.8. The first-order chi connectivity index (χ1) is 19.6. The van der Waals surface area contributed by atoms with Crippen LogP contribution < -0.4 is 10.4 Å². The summed E-state index contributed by atoms with van der Waals surface area (Å²) in [4.78, 5) is 0. The van der Waals surface area contributed by atoms with Gasteiger partial charge in [0, 0.05) is 6.10 Å². The highest BCUT2D eigenvalue weighted by Gasteiger charge is 2.50. The Morgan fingerprint density at radius 2 is 1.41 bits per heavy atom. The molecule has 1 fully saturated rings. The topological polar surface area (TPSA) is 36.9 Å². The predicted molar refractivity (Wildman–Crippen MR) is 171 cm³/mol. The lowest BCUT2D eigenvalue weighted by Crippen LogP contribution is -2.67. The summed E-state index contributed by atoms with van der Waals surface area (Å²) in [6.07, 6.45) is 7.28. The van der Waals surface area contributed by atoms with Gasteiger partial charge in [-0.15, -0.1) is 0 Å². The van der Waals surface area contributed by atoms with Crippen molar-refractivity contribution in [2.45, 2.75) is 96.5 Å². The van der Waals surface area contributed by atoms with Crippen LogP contribution in [0.2, 0.25) is 5.04 Å². The molecule has 1 aliphatic heterocycles. The Morgan fingerprint density at radius 3 is 1.98 bits per heavy atom. The third kappa shape index (κ3) is 8.27. The van der Waals surface area contributed by atoms with E-state index in [1.807, 2.05) is 32.0 Å². The van der Waals surface area contributed by atoms with Crippen LogP contribution >= 0.6 is 0 Å². The second-order valence-electron chi connectivity index (χ2n) is 12.6. The van der Waals surface area contributed by atoms with E-state index in [1.54, 1.807) is 0 Å². The Hall–Kier alpha value is -2.54. The Kier molecular flexibility index (Phi) is 10.8. The largest absolute Gasteiger partial charge is 0.405 e. The third-order valence-corrected chi connectivity index (χ3v) is 12.9. The lowest BCUT2D eigenvalue weighted by Gasteiger charge is -2.44. The number of rotatable bonds is 13. The van der Waals surface area contributed by atoms with Gasteiger partial charge in [-0.1, -0.05) is 124 Å². The molecule has 3 aromatic rings. The van der Waals surface area contributed by atoms with Crippen molar-refractivity contribution in [3.05, 3.63) is 109 Å². The van der Waals surface area contributed by atoms with Crippen LogP contribution in [-0.4, -0.2) is 39.0 Å². The van der Waals surface area contributed by atoms with Crippen molar-refractivity contribution in [3.63, 3.8) is 0 Å². The van der Waals surface area contributed by atoms with Gasteiger partial charge in [0.2, 0.25) is 0 Å². The average Bonchev–Trinajstić information content (AvgIpc) is 3.25. The first-order valence-corrected chi connectivity index (χ1v) is 16.9. The molecule has 0 aromatic heterocycles. The standard InChI is InChI=1S/C36H48O4Si/c1-29(40-41(35(2,3)4,31-22-14-9-15-23-31)32-24-16-10-17-25-32)19-11-7-18-26-33-34(39-36(5,6)38-33)28-37-27-30-20-12-8-13-21-30/h8-10,12-18,20-26,29,33-34H,7,11,19,27-28H2,1-6H3/b26-18+/t29-,33+,34+/m1/s1. The lowest BCUT2D eigenvalue weighted by atomic mass is 10.1. The van der Waals surface area contributed by atoms with E-state index in [9.17, 15) is 0 Å². The molecule has 0 unspecified atom stereocenters. The first kappa shape index (κ1) is 31.4. The molecule has 0 radical (unpaired) electrons. The summed E-state index contributed by atoms with van der Waals surface area (Å²) in [6.45, 7) is 14.2. The highest BCUT2D eigenvalue weighted by atomic mass is 28.4. The molecule has 4 nitrogen and oxygen atoms in total. The van der Waals surface area contributed by atoms with E-state index in [-0.39, 0.29) is 23.4 Å². The van der Waals surface area contributed by atoms with Gasteiger partial charge in [-0.25, -0.2) is 0 Å². The van der Waals surface area contributed by atoms with Crippen LogP contribution in [0.5, 0.6) is 0 Å². The van der Waals surface area contributed by atoms with Crippen molar-refractivity contribution in [2.75, 3.05) is 6.61 Å². The van der Waals surface area contributed by atoms with Crippen molar-refractivity contribution in [1.82, 2.24) is 0 Å². The molecular weight excluding hydrogens is 524 g/mol. The summed E-state index contributed by atoms with van der Waals surface area (Å²) < 4.78 is 25.6. The number of hydrogen-bond acceptors (Lipinski definition) is 4. The van der Waals surface area contributed by atoms with Crippen molar-refractivity contribution >= 4 is 18.7 Å². The summed E-state index contributed by atoms with van der Waals surface area (Å²) in [5.41, 5.74) is 1.16. The smallest absolute Gasteiger partial charge is 0.261 e. The van der Waals surface area contributed by atoms with E-state index < -0.39 is 14.1 Å². The highest BCUT2D eigenvalue weighted by molar-refractivity contribution is 6.99. The van der Waals surface area contributed by atoms with Gasteiger partial charge >= 0.3 is 0 Å². The molecule has 41 heavy (non-hydrogen) atoms. The molecule has 0 amide bonds. The van der Waals surface area contributed by atoms with Crippen molar-refractivity contribution in [2.24, 2.45) is 0 Å². The number of unbranched alkanes of at least 4 members (excludes halogenated alkanes) is 1.